The first kappa shape index (κ1) is 20.5. The Balaban J connectivity index is 1.53. The molecule has 1 atom stereocenters. The molecule has 30 heavy (non-hydrogen) atoms. The van der Waals surface area contributed by atoms with Crippen molar-refractivity contribution in [2.45, 2.75) is 33.0 Å². The Morgan fingerprint density at radius 2 is 2.17 bits per heavy atom. The number of carbonyl (C=O) groups is 2. The van der Waals surface area contributed by atoms with E-state index in [4.69, 9.17) is 9.15 Å². The Bertz CT molecular complexity index is 872. The van der Waals surface area contributed by atoms with Gasteiger partial charge in [-0.3, -0.25) is 14.5 Å². The molecule has 162 valence electrons. The van der Waals surface area contributed by atoms with Crippen molar-refractivity contribution in [2.75, 3.05) is 39.4 Å². The predicted molar refractivity (Wildman–Crippen MR) is 107 cm³/mol. The van der Waals surface area contributed by atoms with Gasteiger partial charge in [0.05, 0.1) is 38.6 Å². The summed E-state index contributed by atoms with van der Waals surface area (Å²) in [6.07, 6.45) is 1.58. The summed E-state index contributed by atoms with van der Waals surface area (Å²) in [6.45, 7) is 9.15. The number of furan rings is 1. The van der Waals surface area contributed by atoms with Crippen molar-refractivity contribution < 1.29 is 18.7 Å². The highest BCUT2D eigenvalue weighted by molar-refractivity contribution is 6.05. The molecule has 4 heterocycles. The van der Waals surface area contributed by atoms with E-state index < -0.39 is 0 Å². The molecule has 2 amide bonds. The third-order valence-electron chi connectivity index (χ3n) is 5.65. The smallest absolute Gasteiger partial charge is 0.277 e. The predicted octanol–water partition coefficient (Wildman–Crippen LogP) is 0.614. The van der Waals surface area contributed by atoms with Crippen LogP contribution in [0, 0.1) is 5.92 Å². The van der Waals surface area contributed by atoms with Crippen molar-refractivity contribution in [3.63, 3.8) is 0 Å². The average molecular weight is 416 g/mol. The zero-order valence-corrected chi connectivity index (χ0v) is 17.4. The fourth-order valence-electron chi connectivity index (χ4n) is 3.74. The first-order valence-electron chi connectivity index (χ1n) is 10.4. The third kappa shape index (κ3) is 4.39. The van der Waals surface area contributed by atoms with Crippen molar-refractivity contribution in [3.8, 4) is 0 Å². The van der Waals surface area contributed by atoms with Gasteiger partial charge in [-0.15, -0.1) is 5.10 Å². The molecule has 0 spiro atoms. The van der Waals surface area contributed by atoms with Crippen LogP contribution in [0.25, 0.3) is 0 Å². The molecule has 2 aliphatic heterocycles. The molecule has 0 unspecified atom stereocenters. The first-order chi connectivity index (χ1) is 14.5. The number of hydrogen-bond acceptors (Lipinski definition) is 7. The van der Waals surface area contributed by atoms with Crippen molar-refractivity contribution in [1.82, 2.24) is 30.1 Å². The Hall–Kier alpha value is -2.72. The molecule has 1 fully saturated rings. The normalized spacial score (nSPS) is 19.6. The van der Waals surface area contributed by atoms with E-state index in [1.54, 1.807) is 21.9 Å². The molecular weight excluding hydrogens is 388 g/mol. The van der Waals surface area contributed by atoms with E-state index in [0.29, 0.717) is 45.2 Å². The lowest BCUT2D eigenvalue weighted by molar-refractivity contribution is 0.0315. The van der Waals surface area contributed by atoms with Crippen LogP contribution in [-0.4, -0.2) is 82.0 Å². The molecule has 4 rings (SSSR count). The van der Waals surface area contributed by atoms with Gasteiger partial charge in [0.25, 0.3) is 11.8 Å². The van der Waals surface area contributed by atoms with Crippen LogP contribution in [0.4, 0.5) is 0 Å². The number of fused-ring (bicyclic) bond motifs is 1. The van der Waals surface area contributed by atoms with Crippen LogP contribution in [0.2, 0.25) is 0 Å². The van der Waals surface area contributed by atoms with Gasteiger partial charge in [-0.05, 0) is 18.1 Å². The summed E-state index contributed by atoms with van der Waals surface area (Å²) in [5, 5.41) is 11.2. The van der Waals surface area contributed by atoms with Crippen molar-refractivity contribution in [3.05, 3.63) is 35.5 Å². The van der Waals surface area contributed by atoms with Crippen molar-refractivity contribution in [1.29, 1.82) is 0 Å². The lowest BCUT2D eigenvalue weighted by Gasteiger charge is -2.30. The summed E-state index contributed by atoms with van der Waals surface area (Å²) >= 11 is 0. The molecule has 1 saturated heterocycles. The topological polar surface area (TPSA) is 106 Å². The SMILES string of the molecule is CC(C)[C@H]1Cn2nnc(C(=O)N(CCN3CCOCC3)Cc3ccco3)c2C(=O)N1. The third-order valence-corrected chi connectivity index (χ3v) is 5.65. The van der Waals surface area contributed by atoms with Gasteiger partial charge in [-0.1, -0.05) is 19.1 Å². The van der Waals surface area contributed by atoms with Gasteiger partial charge in [0.2, 0.25) is 0 Å². The second-order valence-electron chi connectivity index (χ2n) is 8.05. The van der Waals surface area contributed by atoms with Crippen LogP contribution in [0.1, 0.15) is 40.6 Å². The lowest BCUT2D eigenvalue weighted by Crippen LogP contribution is -2.48. The van der Waals surface area contributed by atoms with Crippen LogP contribution in [0.3, 0.4) is 0 Å². The van der Waals surface area contributed by atoms with Crippen molar-refractivity contribution >= 4 is 11.8 Å². The molecule has 0 aromatic carbocycles. The van der Waals surface area contributed by atoms with E-state index in [1.807, 2.05) is 19.9 Å². The molecule has 1 N–H and O–H groups in total. The van der Waals surface area contributed by atoms with E-state index in [2.05, 4.69) is 20.5 Å². The maximum atomic E-state index is 13.4. The molecular formula is C20H28N6O4. The van der Waals surface area contributed by atoms with Crippen LogP contribution in [0.5, 0.6) is 0 Å². The van der Waals surface area contributed by atoms with Gasteiger partial charge in [-0.2, -0.15) is 0 Å². The molecule has 10 nitrogen and oxygen atoms in total. The van der Waals surface area contributed by atoms with Crippen molar-refractivity contribution in [2.24, 2.45) is 5.92 Å². The van der Waals surface area contributed by atoms with Gasteiger partial charge >= 0.3 is 0 Å². The second-order valence-corrected chi connectivity index (χ2v) is 8.05. The number of aromatic nitrogens is 3. The molecule has 2 aromatic heterocycles. The lowest BCUT2D eigenvalue weighted by atomic mass is 10.0. The zero-order chi connectivity index (χ0) is 21.1. The minimum absolute atomic E-state index is 0.0322. The Labute approximate surface area is 175 Å². The molecule has 0 bridgehead atoms. The quantitative estimate of drug-likeness (QED) is 0.705. The average Bonchev–Trinajstić information content (AvgIpc) is 3.41. The van der Waals surface area contributed by atoms with E-state index >= 15 is 0 Å². The number of nitrogens with one attached hydrogen (secondary N) is 1. The van der Waals surface area contributed by atoms with Gasteiger partial charge in [0.15, 0.2) is 11.4 Å². The van der Waals surface area contributed by atoms with Crippen LogP contribution in [0.15, 0.2) is 22.8 Å². The second kappa shape index (κ2) is 8.97. The van der Waals surface area contributed by atoms with Gasteiger partial charge in [-0.25, -0.2) is 4.68 Å². The standard InChI is InChI=1S/C20H28N6O4/c1-14(2)16-13-26-18(19(27)21-16)17(22-23-26)20(28)25(12-15-4-3-9-30-15)6-5-24-7-10-29-11-8-24/h3-4,9,14,16H,5-8,10-13H2,1-2H3,(H,21,27)/t16-/m1/s1. The maximum absolute atomic E-state index is 13.4. The highest BCUT2D eigenvalue weighted by atomic mass is 16.5. The summed E-state index contributed by atoms with van der Waals surface area (Å²) in [6, 6.07) is 3.59. The zero-order valence-electron chi connectivity index (χ0n) is 17.4. The molecule has 2 aromatic rings. The molecule has 0 radical (unpaired) electrons. The van der Waals surface area contributed by atoms with Gasteiger partial charge < -0.3 is 19.4 Å². The highest BCUT2D eigenvalue weighted by Gasteiger charge is 2.34. The summed E-state index contributed by atoms with van der Waals surface area (Å²) in [7, 11) is 0. The number of morpholine rings is 1. The number of ether oxygens (including phenoxy) is 1. The number of amides is 2. The Morgan fingerprint density at radius 1 is 1.37 bits per heavy atom. The highest BCUT2D eigenvalue weighted by Crippen LogP contribution is 2.18. The maximum Gasteiger partial charge on any atom is 0.277 e. The van der Waals surface area contributed by atoms with E-state index in [0.717, 1.165) is 13.1 Å². The number of nitrogens with zero attached hydrogens (tertiary/aromatic N) is 5. The summed E-state index contributed by atoms with van der Waals surface area (Å²) < 4.78 is 12.4. The fourth-order valence-corrected chi connectivity index (χ4v) is 3.74. The largest absolute Gasteiger partial charge is 0.467 e. The first-order valence-corrected chi connectivity index (χ1v) is 10.4. The summed E-state index contributed by atoms with van der Waals surface area (Å²) in [5.41, 5.74) is 0.316. The minimum Gasteiger partial charge on any atom is -0.467 e. The van der Waals surface area contributed by atoms with Gasteiger partial charge in [0, 0.05) is 26.2 Å². The summed E-state index contributed by atoms with van der Waals surface area (Å²) in [5.74, 6) is 0.309. The van der Waals surface area contributed by atoms with Crippen LogP contribution < -0.4 is 5.32 Å². The van der Waals surface area contributed by atoms with E-state index in [9.17, 15) is 9.59 Å². The van der Waals surface area contributed by atoms with E-state index in [-0.39, 0.29) is 35.2 Å². The van der Waals surface area contributed by atoms with Crippen LogP contribution >= 0.6 is 0 Å². The molecule has 0 saturated carbocycles. The number of hydrogen-bond donors (Lipinski definition) is 1. The fraction of sp³-hybridized carbons (Fsp3) is 0.600. The monoisotopic (exact) mass is 416 g/mol. The Morgan fingerprint density at radius 3 is 2.87 bits per heavy atom. The molecule has 10 heteroatoms. The number of carbonyl (C=O) groups excluding carboxylic acids is 2. The van der Waals surface area contributed by atoms with Gasteiger partial charge in [0.1, 0.15) is 5.76 Å². The van der Waals surface area contributed by atoms with E-state index in [1.165, 1.54) is 0 Å². The molecule has 0 aliphatic carbocycles. The van der Waals surface area contributed by atoms with Crippen LogP contribution in [-0.2, 0) is 17.8 Å². The number of rotatable bonds is 7. The Kier molecular flexibility index (Phi) is 6.14. The summed E-state index contributed by atoms with van der Waals surface area (Å²) in [4.78, 5) is 30.0. The molecule has 2 aliphatic rings. The minimum atomic E-state index is -0.320.